The van der Waals surface area contributed by atoms with Gasteiger partial charge >= 0.3 is 0 Å². The Labute approximate surface area is 106 Å². The Hall–Kier alpha value is -2.47. The largest absolute Gasteiger partial charge is 0.497 e. The van der Waals surface area contributed by atoms with E-state index in [1.54, 1.807) is 19.2 Å². The topological polar surface area (TPSA) is 42.2 Å². The molecule has 2 rings (SSSR count). The summed E-state index contributed by atoms with van der Waals surface area (Å²) in [5.74, 6) is 1.93. The Morgan fingerprint density at radius 2 is 1.83 bits per heavy atom. The van der Waals surface area contributed by atoms with Crippen LogP contribution in [0.25, 0.3) is 0 Å². The van der Waals surface area contributed by atoms with Gasteiger partial charge in [-0.2, -0.15) is 5.26 Å². The van der Waals surface area contributed by atoms with Gasteiger partial charge in [-0.05, 0) is 36.8 Å². The number of rotatable bonds is 3. The normalized spacial score (nSPS) is 9.61. The number of nitrogens with zero attached hydrogens (tertiary/aromatic N) is 1. The fourth-order valence-corrected chi connectivity index (χ4v) is 1.60. The van der Waals surface area contributed by atoms with Crippen molar-refractivity contribution < 1.29 is 9.47 Å². The molecule has 0 aromatic heterocycles. The summed E-state index contributed by atoms with van der Waals surface area (Å²) in [5.41, 5.74) is 1.57. The maximum Gasteiger partial charge on any atom is 0.145 e. The molecule has 0 bridgehead atoms. The minimum atomic E-state index is 0.517. The third-order valence-electron chi connectivity index (χ3n) is 2.53. The third kappa shape index (κ3) is 2.61. The second-order valence-electron chi connectivity index (χ2n) is 3.89. The van der Waals surface area contributed by atoms with Crippen LogP contribution in [0.1, 0.15) is 11.1 Å². The van der Waals surface area contributed by atoms with E-state index in [0.29, 0.717) is 17.1 Å². The number of ether oxygens (including phenoxy) is 2. The fourth-order valence-electron chi connectivity index (χ4n) is 1.60. The quantitative estimate of drug-likeness (QED) is 0.820. The lowest BCUT2D eigenvalue weighted by Crippen LogP contribution is -1.90. The molecule has 0 fully saturated rings. The summed E-state index contributed by atoms with van der Waals surface area (Å²) in [5, 5.41) is 9.03. The van der Waals surface area contributed by atoms with Gasteiger partial charge in [-0.15, -0.1) is 0 Å². The van der Waals surface area contributed by atoms with Crippen LogP contribution >= 0.6 is 0 Å². The first-order chi connectivity index (χ1) is 8.72. The van der Waals surface area contributed by atoms with E-state index >= 15 is 0 Å². The van der Waals surface area contributed by atoms with Gasteiger partial charge in [-0.25, -0.2) is 0 Å². The van der Waals surface area contributed by atoms with Gasteiger partial charge < -0.3 is 9.47 Å². The molecule has 2 aromatic rings. The summed E-state index contributed by atoms with van der Waals surface area (Å²) in [6.45, 7) is 1.96. The molecule has 0 atom stereocenters. The van der Waals surface area contributed by atoms with Crippen LogP contribution in [0.3, 0.4) is 0 Å². The van der Waals surface area contributed by atoms with E-state index in [1.807, 2.05) is 37.3 Å². The first-order valence-corrected chi connectivity index (χ1v) is 5.55. The second-order valence-corrected chi connectivity index (χ2v) is 3.89. The molecule has 0 aliphatic rings. The summed E-state index contributed by atoms with van der Waals surface area (Å²) in [7, 11) is 1.60. The highest BCUT2D eigenvalue weighted by molar-refractivity contribution is 5.47. The molecule has 0 amide bonds. The van der Waals surface area contributed by atoms with E-state index in [1.165, 1.54) is 0 Å². The Morgan fingerprint density at radius 3 is 2.56 bits per heavy atom. The average Bonchev–Trinajstić information content (AvgIpc) is 2.39. The molecule has 3 nitrogen and oxygen atoms in total. The molecule has 0 saturated heterocycles. The predicted octanol–water partition coefficient (Wildman–Crippen LogP) is 3.67. The van der Waals surface area contributed by atoms with E-state index in [-0.39, 0.29) is 0 Å². The smallest absolute Gasteiger partial charge is 0.145 e. The van der Waals surface area contributed by atoms with Crippen LogP contribution in [0.4, 0.5) is 0 Å². The maximum atomic E-state index is 9.03. The zero-order valence-corrected chi connectivity index (χ0v) is 10.3. The zero-order valence-electron chi connectivity index (χ0n) is 10.3. The zero-order chi connectivity index (χ0) is 13.0. The van der Waals surface area contributed by atoms with Crippen LogP contribution in [0.15, 0.2) is 42.5 Å². The van der Waals surface area contributed by atoms with Crippen molar-refractivity contribution in [2.45, 2.75) is 6.92 Å². The molecule has 0 saturated carbocycles. The van der Waals surface area contributed by atoms with Crippen molar-refractivity contribution in [3.8, 4) is 23.3 Å². The Balaban J connectivity index is 2.33. The molecular formula is C15H13NO2. The fraction of sp³-hybridized carbons (Fsp3) is 0.133. The first kappa shape index (κ1) is 12.0. The molecule has 0 unspecified atom stereocenters. The van der Waals surface area contributed by atoms with Gasteiger partial charge in [0, 0.05) is 6.07 Å². The van der Waals surface area contributed by atoms with Crippen LogP contribution in [0.2, 0.25) is 0 Å². The van der Waals surface area contributed by atoms with E-state index in [9.17, 15) is 0 Å². The summed E-state index contributed by atoms with van der Waals surface area (Å²) in [6.07, 6.45) is 0. The Kier molecular flexibility index (Phi) is 3.49. The molecule has 2 aromatic carbocycles. The lowest BCUT2D eigenvalue weighted by molar-refractivity contribution is 0.409. The van der Waals surface area contributed by atoms with Crippen LogP contribution in [-0.2, 0) is 0 Å². The van der Waals surface area contributed by atoms with Crippen molar-refractivity contribution in [1.29, 1.82) is 5.26 Å². The number of aryl methyl sites for hydroxylation is 1. The minimum Gasteiger partial charge on any atom is -0.497 e. The molecule has 90 valence electrons. The number of hydrogen-bond acceptors (Lipinski definition) is 3. The van der Waals surface area contributed by atoms with Crippen LogP contribution in [-0.4, -0.2) is 7.11 Å². The predicted molar refractivity (Wildman–Crippen MR) is 69.0 cm³/mol. The van der Waals surface area contributed by atoms with Crippen molar-refractivity contribution >= 4 is 0 Å². The molecule has 0 aliphatic heterocycles. The van der Waals surface area contributed by atoms with Gasteiger partial charge in [-0.3, -0.25) is 0 Å². The lowest BCUT2D eigenvalue weighted by atomic mass is 10.1. The second kappa shape index (κ2) is 5.24. The Bertz CT molecular complexity index is 600. The van der Waals surface area contributed by atoms with Gasteiger partial charge in [0.2, 0.25) is 0 Å². The van der Waals surface area contributed by atoms with E-state index in [4.69, 9.17) is 14.7 Å². The van der Waals surface area contributed by atoms with Gasteiger partial charge in [0.25, 0.3) is 0 Å². The SMILES string of the molecule is COc1cccc(Oc2cc(C)ccc2C#N)c1. The first-order valence-electron chi connectivity index (χ1n) is 5.55. The highest BCUT2D eigenvalue weighted by atomic mass is 16.5. The Morgan fingerprint density at radius 1 is 1.06 bits per heavy atom. The summed E-state index contributed by atoms with van der Waals surface area (Å²) < 4.78 is 10.8. The van der Waals surface area contributed by atoms with Crippen LogP contribution < -0.4 is 9.47 Å². The third-order valence-corrected chi connectivity index (χ3v) is 2.53. The molecule has 0 spiro atoms. The summed E-state index contributed by atoms with van der Waals surface area (Å²) in [4.78, 5) is 0. The molecule has 18 heavy (non-hydrogen) atoms. The molecule has 0 heterocycles. The highest BCUT2D eigenvalue weighted by Gasteiger charge is 2.05. The highest BCUT2D eigenvalue weighted by Crippen LogP contribution is 2.28. The van der Waals surface area contributed by atoms with Crippen molar-refractivity contribution in [3.05, 3.63) is 53.6 Å². The number of hydrogen-bond donors (Lipinski definition) is 0. The lowest BCUT2D eigenvalue weighted by Gasteiger charge is -2.09. The molecule has 0 radical (unpaired) electrons. The van der Waals surface area contributed by atoms with Gasteiger partial charge in [0.1, 0.15) is 23.3 Å². The molecule has 3 heteroatoms. The standard InChI is InChI=1S/C15H13NO2/c1-11-6-7-12(10-16)15(8-11)18-14-5-3-4-13(9-14)17-2/h3-9H,1-2H3. The summed E-state index contributed by atoms with van der Waals surface area (Å²) >= 11 is 0. The maximum absolute atomic E-state index is 9.03. The van der Waals surface area contributed by atoms with E-state index in [2.05, 4.69) is 6.07 Å². The molecule has 0 N–H and O–H groups in total. The number of nitriles is 1. The van der Waals surface area contributed by atoms with E-state index < -0.39 is 0 Å². The molecular weight excluding hydrogens is 226 g/mol. The number of benzene rings is 2. The summed E-state index contributed by atoms with van der Waals surface area (Å²) in [6, 6.07) is 14.9. The number of methoxy groups -OCH3 is 1. The van der Waals surface area contributed by atoms with Gasteiger partial charge in [-0.1, -0.05) is 12.1 Å². The van der Waals surface area contributed by atoms with Crippen LogP contribution in [0.5, 0.6) is 17.2 Å². The average molecular weight is 239 g/mol. The van der Waals surface area contributed by atoms with Crippen molar-refractivity contribution in [2.24, 2.45) is 0 Å². The molecule has 0 aliphatic carbocycles. The van der Waals surface area contributed by atoms with Crippen LogP contribution in [0, 0.1) is 18.3 Å². The van der Waals surface area contributed by atoms with Gasteiger partial charge in [0.15, 0.2) is 0 Å². The van der Waals surface area contributed by atoms with Crippen molar-refractivity contribution in [2.75, 3.05) is 7.11 Å². The van der Waals surface area contributed by atoms with E-state index in [0.717, 1.165) is 11.3 Å². The van der Waals surface area contributed by atoms with Gasteiger partial charge in [0.05, 0.1) is 12.7 Å². The minimum absolute atomic E-state index is 0.517. The monoisotopic (exact) mass is 239 g/mol. The van der Waals surface area contributed by atoms with Crippen molar-refractivity contribution in [3.63, 3.8) is 0 Å². The van der Waals surface area contributed by atoms with Crippen molar-refractivity contribution in [1.82, 2.24) is 0 Å².